The van der Waals surface area contributed by atoms with Crippen LogP contribution in [0, 0.1) is 10.1 Å². The zero-order chi connectivity index (χ0) is 12.5. The summed E-state index contributed by atoms with van der Waals surface area (Å²) >= 11 is 0. The van der Waals surface area contributed by atoms with Crippen molar-refractivity contribution in [2.75, 3.05) is 13.1 Å². The van der Waals surface area contributed by atoms with E-state index in [2.05, 4.69) is 10.3 Å². The van der Waals surface area contributed by atoms with E-state index in [4.69, 9.17) is 4.74 Å². The first-order valence-electron chi connectivity index (χ1n) is 5.65. The molecule has 1 saturated heterocycles. The van der Waals surface area contributed by atoms with Gasteiger partial charge in [0.15, 0.2) is 0 Å². The third kappa shape index (κ3) is 1.76. The van der Waals surface area contributed by atoms with Gasteiger partial charge in [-0.1, -0.05) is 12.1 Å². The van der Waals surface area contributed by atoms with Crippen molar-refractivity contribution in [3.63, 3.8) is 0 Å². The van der Waals surface area contributed by atoms with Crippen molar-refractivity contribution in [3.8, 4) is 5.75 Å². The molecule has 1 aliphatic heterocycles. The number of hydrogen-bond acceptors (Lipinski definition) is 5. The van der Waals surface area contributed by atoms with Crippen LogP contribution in [0.3, 0.4) is 0 Å². The lowest BCUT2D eigenvalue weighted by molar-refractivity contribution is -0.386. The van der Waals surface area contributed by atoms with Gasteiger partial charge in [0.05, 0.1) is 10.4 Å². The quantitative estimate of drug-likeness (QED) is 0.654. The molecule has 1 aromatic heterocycles. The van der Waals surface area contributed by atoms with Gasteiger partial charge >= 0.3 is 5.69 Å². The Labute approximate surface area is 103 Å². The van der Waals surface area contributed by atoms with Crippen LogP contribution in [0.4, 0.5) is 5.69 Å². The van der Waals surface area contributed by atoms with Crippen LogP contribution in [-0.4, -0.2) is 29.1 Å². The Morgan fingerprint density at radius 3 is 2.83 bits per heavy atom. The molecule has 0 saturated carbocycles. The van der Waals surface area contributed by atoms with E-state index in [1.54, 1.807) is 6.07 Å². The number of pyridine rings is 1. The molecule has 0 aliphatic carbocycles. The number of nitro groups is 1. The van der Waals surface area contributed by atoms with E-state index < -0.39 is 4.92 Å². The molecular formula is C12H11N3O3. The number of nitrogens with one attached hydrogen (secondary N) is 1. The van der Waals surface area contributed by atoms with Gasteiger partial charge in [-0.2, -0.15) is 0 Å². The summed E-state index contributed by atoms with van der Waals surface area (Å²) in [5, 5.41) is 14.8. The fraction of sp³-hybridized carbons (Fsp3) is 0.250. The zero-order valence-corrected chi connectivity index (χ0v) is 9.50. The molecule has 2 aromatic rings. The molecule has 0 unspecified atom stereocenters. The molecule has 0 atom stereocenters. The van der Waals surface area contributed by atoms with Crippen molar-refractivity contribution >= 4 is 16.6 Å². The summed E-state index contributed by atoms with van der Waals surface area (Å²) in [6, 6.07) is 7.26. The van der Waals surface area contributed by atoms with Gasteiger partial charge in [-0.05, 0) is 12.1 Å². The first-order valence-corrected chi connectivity index (χ1v) is 5.65. The molecular weight excluding hydrogens is 234 g/mol. The van der Waals surface area contributed by atoms with Gasteiger partial charge in [0.25, 0.3) is 0 Å². The Hall–Kier alpha value is -2.21. The Morgan fingerprint density at radius 2 is 2.17 bits per heavy atom. The summed E-state index contributed by atoms with van der Waals surface area (Å²) in [6.45, 7) is 1.43. The molecule has 0 amide bonds. The summed E-state index contributed by atoms with van der Waals surface area (Å²) < 4.78 is 5.71. The van der Waals surface area contributed by atoms with Crippen LogP contribution >= 0.6 is 0 Å². The Kier molecular flexibility index (Phi) is 2.56. The predicted molar refractivity (Wildman–Crippen MR) is 65.7 cm³/mol. The number of ether oxygens (including phenoxy) is 1. The number of benzene rings is 1. The van der Waals surface area contributed by atoms with Gasteiger partial charge in [0, 0.05) is 18.5 Å². The standard InChI is InChI=1S/C12H11N3O3/c16-15(17)11-7-14-10-4-2-1-3-9(10)12(11)18-8-5-13-6-8/h1-4,7-8,13H,5-6H2. The Bertz CT molecular complexity index is 611. The molecule has 18 heavy (non-hydrogen) atoms. The van der Waals surface area contributed by atoms with Gasteiger partial charge in [-0.15, -0.1) is 0 Å². The van der Waals surface area contributed by atoms with Crippen molar-refractivity contribution in [2.45, 2.75) is 6.10 Å². The second-order valence-electron chi connectivity index (χ2n) is 4.14. The minimum absolute atomic E-state index is 0.00509. The summed E-state index contributed by atoms with van der Waals surface area (Å²) in [7, 11) is 0. The van der Waals surface area contributed by atoms with E-state index in [0.29, 0.717) is 29.7 Å². The maximum absolute atomic E-state index is 11.0. The van der Waals surface area contributed by atoms with Crippen LogP contribution < -0.4 is 10.1 Å². The van der Waals surface area contributed by atoms with E-state index in [1.807, 2.05) is 18.2 Å². The van der Waals surface area contributed by atoms with Crippen molar-refractivity contribution in [1.82, 2.24) is 10.3 Å². The lowest BCUT2D eigenvalue weighted by Gasteiger charge is -2.27. The van der Waals surface area contributed by atoms with Gasteiger partial charge in [0.1, 0.15) is 12.3 Å². The fourth-order valence-corrected chi connectivity index (χ4v) is 1.87. The molecule has 0 spiro atoms. The average Bonchev–Trinajstić information content (AvgIpc) is 2.33. The van der Waals surface area contributed by atoms with E-state index in [9.17, 15) is 10.1 Å². The minimum Gasteiger partial charge on any atom is -0.480 e. The van der Waals surface area contributed by atoms with Crippen LogP contribution in [0.25, 0.3) is 10.9 Å². The highest BCUT2D eigenvalue weighted by Crippen LogP contribution is 2.34. The molecule has 1 aliphatic rings. The zero-order valence-electron chi connectivity index (χ0n) is 9.50. The average molecular weight is 245 g/mol. The molecule has 1 aromatic carbocycles. The SMILES string of the molecule is O=[N+]([O-])c1cnc2ccccc2c1OC1CNC1. The van der Waals surface area contributed by atoms with Crippen LogP contribution in [-0.2, 0) is 0 Å². The van der Waals surface area contributed by atoms with E-state index >= 15 is 0 Å². The second kappa shape index (κ2) is 4.23. The molecule has 92 valence electrons. The van der Waals surface area contributed by atoms with Crippen LogP contribution in [0.5, 0.6) is 5.75 Å². The van der Waals surface area contributed by atoms with Gasteiger partial charge in [-0.3, -0.25) is 10.1 Å². The van der Waals surface area contributed by atoms with Gasteiger partial charge < -0.3 is 10.1 Å². The maximum Gasteiger partial charge on any atom is 0.329 e. The van der Waals surface area contributed by atoms with Crippen LogP contribution in [0.2, 0.25) is 0 Å². The first kappa shape index (κ1) is 10.9. The number of hydrogen-bond donors (Lipinski definition) is 1. The fourth-order valence-electron chi connectivity index (χ4n) is 1.87. The highest BCUT2D eigenvalue weighted by atomic mass is 16.6. The largest absolute Gasteiger partial charge is 0.480 e. The van der Waals surface area contributed by atoms with Crippen molar-refractivity contribution in [3.05, 3.63) is 40.6 Å². The summed E-state index contributed by atoms with van der Waals surface area (Å²) in [5.41, 5.74) is 0.617. The summed E-state index contributed by atoms with van der Waals surface area (Å²) in [5.74, 6) is 0.317. The monoisotopic (exact) mass is 245 g/mol. The lowest BCUT2D eigenvalue weighted by atomic mass is 10.1. The lowest BCUT2D eigenvalue weighted by Crippen LogP contribution is -2.50. The second-order valence-corrected chi connectivity index (χ2v) is 4.14. The molecule has 3 rings (SSSR count). The smallest absolute Gasteiger partial charge is 0.329 e. The molecule has 1 fully saturated rings. The third-order valence-electron chi connectivity index (χ3n) is 2.93. The molecule has 0 radical (unpaired) electrons. The van der Waals surface area contributed by atoms with E-state index in [1.165, 1.54) is 6.20 Å². The van der Waals surface area contributed by atoms with Crippen molar-refractivity contribution < 1.29 is 9.66 Å². The minimum atomic E-state index is -0.457. The van der Waals surface area contributed by atoms with Gasteiger partial charge in [-0.25, -0.2) is 4.98 Å². The molecule has 6 nitrogen and oxygen atoms in total. The molecule has 6 heteroatoms. The maximum atomic E-state index is 11.0. The highest BCUT2D eigenvalue weighted by molar-refractivity contribution is 5.88. The Balaban J connectivity index is 2.14. The molecule has 0 bridgehead atoms. The van der Waals surface area contributed by atoms with Crippen LogP contribution in [0.1, 0.15) is 0 Å². The highest BCUT2D eigenvalue weighted by Gasteiger charge is 2.25. The first-order chi connectivity index (χ1) is 8.75. The number of fused-ring (bicyclic) bond motifs is 1. The normalized spacial score (nSPS) is 15.3. The number of nitrogens with zero attached hydrogens (tertiary/aromatic N) is 2. The molecule has 1 N–H and O–H groups in total. The third-order valence-corrected chi connectivity index (χ3v) is 2.93. The van der Waals surface area contributed by atoms with Gasteiger partial charge in [0.2, 0.25) is 5.75 Å². The van der Waals surface area contributed by atoms with E-state index in [0.717, 1.165) is 0 Å². The Morgan fingerprint density at radius 1 is 1.39 bits per heavy atom. The van der Waals surface area contributed by atoms with E-state index in [-0.39, 0.29) is 11.8 Å². The predicted octanol–water partition coefficient (Wildman–Crippen LogP) is 1.49. The summed E-state index contributed by atoms with van der Waals surface area (Å²) in [6.07, 6.45) is 1.25. The summed E-state index contributed by atoms with van der Waals surface area (Å²) in [4.78, 5) is 14.6. The van der Waals surface area contributed by atoms with Crippen LogP contribution in [0.15, 0.2) is 30.5 Å². The van der Waals surface area contributed by atoms with Crippen molar-refractivity contribution in [1.29, 1.82) is 0 Å². The number of para-hydroxylation sites is 1. The topological polar surface area (TPSA) is 77.3 Å². The number of rotatable bonds is 3. The molecule has 2 heterocycles. The van der Waals surface area contributed by atoms with Crippen molar-refractivity contribution in [2.24, 2.45) is 0 Å². The number of aromatic nitrogens is 1.